The van der Waals surface area contributed by atoms with Gasteiger partial charge in [0.25, 0.3) is 0 Å². The average molecular weight is 266 g/mol. The number of nitrogens with one attached hydrogen (secondary N) is 1. The summed E-state index contributed by atoms with van der Waals surface area (Å²) in [4.78, 5) is 13.4. The van der Waals surface area contributed by atoms with E-state index >= 15 is 0 Å². The maximum atomic E-state index is 10.7. The van der Waals surface area contributed by atoms with E-state index in [0.717, 1.165) is 37.3 Å². The van der Waals surface area contributed by atoms with E-state index in [1.807, 2.05) is 0 Å². The second-order valence-corrected chi connectivity index (χ2v) is 6.54. The summed E-state index contributed by atoms with van der Waals surface area (Å²) in [6.07, 6.45) is 7.58. The topological polar surface area (TPSA) is 52.6 Å². The van der Waals surface area contributed by atoms with Crippen LogP contribution < -0.4 is 5.32 Å². The third-order valence-corrected chi connectivity index (χ3v) is 5.41. The Hall–Kier alpha value is -0.610. The van der Waals surface area contributed by atoms with E-state index in [2.05, 4.69) is 10.2 Å². The van der Waals surface area contributed by atoms with Crippen molar-refractivity contribution in [3.05, 3.63) is 0 Å². The third-order valence-electron chi connectivity index (χ3n) is 5.41. The Morgan fingerprint density at radius 2 is 2.05 bits per heavy atom. The SMILES string of the molecule is O=C(O)CCC[C@H]1NC[C@H]2CCCN3CCC[C@H]1[C@@H]23. The molecule has 0 aromatic rings. The zero-order chi connectivity index (χ0) is 13.2. The summed E-state index contributed by atoms with van der Waals surface area (Å²) >= 11 is 0. The first-order valence-corrected chi connectivity index (χ1v) is 7.95. The van der Waals surface area contributed by atoms with Gasteiger partial charge in [0.05, 0.1) is 0 Å². The van der Waals surface area contributed by atoms with Crippen molar-refractivity contribution in [3.63, 3.8) is 0 Å². The van der Waals surface area contributed by atoms with Crippen molar-refractivity contribution in [3.8, 4) is 0 Å². The highest BCUT2D eigenvalue weighted by atomic mass is 16.4. The largest absolute Gasteiger partial charge is 0.481 e. The van der Waals surface area contributed by atoms with E-state index in [1.165, 1.54) is 38.8 Å². The lowest BCUT2D eigenvalue weighted by atomic mass is 9.70. The first-order valence-electron chi connectivity index (χ1n) is 7.95. The first kappa shape index (κ1) is 13.4. The molecule has 0 aromatic carbocycles. The zero-order valence-electron chi connectivity index (χ0n) is 11.7. The Balaban J connectivity index is 1.62. The van der Waals surface area contributed by atoms with Crippen molar-refractivity contribution in [2.45, 2.75) is 57.0 Å². The number of aliphatic carboxylic acids is 1. The third kappa shape index (κ3) is 2.79. The molecule has 0 unspecified atom stereocenters. The quantitative estimate of drug-likeness (QED) is 0.813. The second-order valence-electron chi connectivity index (χ2n) is 6.54. The van der Waals surface area contributed by atoms with Gasteiger partial charge in [-0.25, -0.2) is 0 Å². The molecule has 3 aliphatic heterocycles. The van der Waals surface area contributed by atoms with E-state index in [4.69, 9.17) is 5.11 Å². The van der Waals surface area contributed by atoms with Gasteiger partial charge in [0.2, 0.25) is 0 Å². The Morgan fingerprint density at radius 1 is 1.26 bits per heavy atom. The minimum Gasteiger partial charge on any atom is -0.481 e. The van der Waals surface area contributed by atoms with E-state index in [0.29, 0.717) is 12.5 Å². The number of rotatable bonds is 4. The Bertz CT molecular complexity index is 325. The molecule has 4 heteroatoms. The van der Waals surface area contributed by atoms with Crippen molar-refractivity contribution in [1.82, 2.24) is 10.2 Å². The summed E-state index contributed by atoms with van der Waals surface area (Å²) in [5, 5.41) is 12.5. The molecule has 0 radical (unpaired) electrons. The summed E-state index contributed by atoms with van der Waals surface area (Å²) in [7, 11) is 0. The van der Waals surface area contributed by atoms with Crippen molar-refractivity contribution < 1.29 is 9.90 Å². The van der Waals surface area contributed by atoms with Crippen LogP contribution in [0.2, 0.25) is 0 Å². The Labute approximate surface area is 115 Å². The lowest BCUT2D eigenvalue weighted by Crippen LogP contribution is -2.63. The van der Waals surface area contributed by atoms with Crippen molar-refractivity contribution in [1.29, 1.82) is 0 Å². The standard InChI is InChI=1S/C15H26N2O2/c18-14(19)7-1-6-13-12-5-3-9-17-8-2-4-11(10-16-13)15(12)17/h11-13,15-16H,1-10H2,(H,18,19)/t11-,12-,13-,15-/m1/s1. The smallest absolute Gasteiger partial charge is 0.303 e. The molecule has 19 heavy (non-hydrogen) atoms. The molecule has 0 bridgehead atoms. The molecule has 0 amide bonds. The van der Waals surface area contributed by atoms with E-state index in [1.54, 1.807) is 0 Å². The van der Waals surface area contributed by atoms with Crippen molar-refractivity contribution in [2.24, 2.45) is 11.8 Å². The van der Waals surface area contributed by atoms with Gasteiger partial charge in [0, 0.05) is 18.5 Å². The Morgan fingerprint density at radius 3 is 2.84 bits per heavy atom. The molecule has 0 saturated carbocycles. The van der Waals surface area contributed by atoms with Gasteiger partial charge in [0.15, 0.2) is 0 Å². The number of nitrogens with zero attached hydrogens (tertiary/aromatic N) is 1. The van der Waals surface area contributed by atoms with Gasteiger partial charge in [-0.2, -0.15) is 0 Å². The van der Waals surface area contributed by atoms with Crippen LogP contribution in [0, 0.1) is 11.8 Å². The molecule has 4 atom stereocenters. The predicted octanol–water partition coefficient (Wildman–Crippen LogP) is 1.70. The number of carbonyl (C=O) groups is 1. The highest BCUT2D eigenvalue weighted by Gasteiger charge is 2.45. The fourth-order valence-electron chi connectivity index (χ4n) is 4.66. The first-order chi connectivity index (χ1) is 9.25. The van der Waals surface area contributed by atoms with Crippen LogP contribution >= 0.6 is 0 Å². The highest BCUT2D eigenvalue weighted by molar-refractivity contribution is 5.66. The van der Waals surface area contributed by atoms with Gasteiger partial charge in [-0.1, -0.05) is 0 Å². The molecular weight excluding hydrogens is 240 g/mol. The van der Waals surface area contributed by atoms with Crippen LogP contribution in [0.1, 0.15) is 44.9 Å². The monoisotopic (exact) mass is 266 g/mol. The molecule has 108 valence electrons. The van der Waals surface area contributed by atoms with Gasteiger partial charge >= 0.3 is 5.97 Å². The maximum absolute atomic E-state index is 10.7. The minimum absolute atomic E-state index is 0.322. The number of carboxylic acids is 1. The second kappa shape index (κ2) is 5.80. The summed E-state index contributed by atoms with van der Waals surface area (Å²) in [5.41, 5.74) is 0. The molecule has 3 saturated heterocycles. The molecule has 3 fully saturated rings. The molecule has 3 heterocycles. The minimum atomic E-state index is -0.656. The number of carboxylic acid groups (broad SMARTS) is 1. The molecule has 0 spiro atoms. The van der Waals surface area contributed by atoms with Gasteiger partial charge in [-0.3, -0.25) is 9.69 Å². The van der Waals surface area contributed by atoms with Gasteiger partial charge in [0.1, 0.15) is 0 Å². The molecule has 3 aliphatic rings. The number of piperidine rings is 3. The van der Waals surface area contributed by atoms with Crippen LogP contribution in [0.3, 0.4) is 0 Å². The van der Waals surface area contributed by atoms with E-state index < -0.39 is 5.97 Å². The molecule has 0 aromatic heterocycles. The van der Waals surface area contributed by atoms with Crippen molar-refractivity contribution in [2.75, 3.05) is 19.6 Å². The average Bonchev–Trinajstić information content (AvgIpc) is 2.41. The Kier molecular flexibility index (Phi) is 4.08. The van der Waals surface area contributed by atoms with Crippen molar-refractivity contribution >= 4 is 5.97 Å². The number of hydrogen-bond acceptors (Lipinski definition) is 3. The van der Waals surface area contributed by atoms with Crippen LogP contribution in [0.4, 0.5) is 0 Å². The maximum Gasteiger partial charge on any atom is 0.303 e. The molecule has 3 rings (SSSR count). The lowest BCUT2D eigenvalue weighted by Gasteiger charge is -2.54. The van der Waals surface area contributed by atoms with Gasteiger partial charge < -0.3 is 10.4 Å². The molecule has 2 N–H and O–H groups in total. The van der Waals surface area contributed by atoms with Crippen LogP contribution in [-0.2, 0) is 4.79 Å². The highest BCUT2D eigenvalue weighted by Crippen LogP contribution is 2.39. The van der Waals surface area contributed by atoms with Gasteiger partial charge in [-0.15, -0.1) is 0 Å². The summed E-state index contributed by atoms with van der Waals surface area (Å²) < 4.78 is 0. The number of hydrogen-bond donors (Lipinski definition) is 2. The predicted molar refractivity (Wildman–Crippen MR) is 74.1 cm³/mol. The molecule has 4 nitrogen and oxygen atoms in total. The fraction of sp³-hybridized carbons (Fsp3) is 0.933. The van der Waals surface area contributed by atoms with E-state index in [9.17, 15) is 4.79 Å². The van der Waals surface area contributed by atoms with Gasteiger partial charge in [-0.05, 0) is 70.0 Å². The zero-order valence-corrected chi connectivity index (χ0v) is 11.7. The normalized spacial score (nSPS) is 38.7. The summed E-state index contributed by atoms with van der Waals surface area (Å²) in [5.74, 6) is 0.952. The fourth-order valence-corrected chi connectivity index (χ4v) is 4.66. The molecule has 0 aliphatic carbocycles. The summed E-state index contributed by atoms with van der Waals surface area (Å²) in [6.45, 7) is 3.73. The molecular formula is C15H26N2O2. The summed E-state index contributed by atoms with van der Waals surface area (Å²) in [6, 6.07) is 1.35. The van der Waals surface area contributed by atoms with Crippen LogP contribution in [0.25, 0.3) is 0 Å². The van der Waals surface area contributed by atoms with Crippen LogP contribution in [-0.4, -0.2) is 47.7 Å². The van der Waals surface area contributed by atoms with Crippen LogP contribution in [0.5, 0.6) is 0 Å². The van der Waals surface area contributed by atoms with E-state index in [-0.39, 0.29) is 0 Å². The van der Waals surface area contributed by atoms with Crippen LogP contribution in [0.15, 0.2) is 0 Å². The lowest BCUT2D eigenvalue weighted by molar-refractivity contribution is -0.137.